The van der Waals surface area contributed by atoms with Crippen molar-refractivity contribution in [2.75, 3.05) is 62.4 Å². The highest BCUT2D eigenvalue weighted by molar-refractivity contribution is 6.37. The molecule has 1 aliphatic carbocycles. The molecule has 3 aromatic carbocycles. The lowest BCUT2D eigenvalue weighted by molar-refractivity contribution is -0.126. The van der Waals surface area contributed by atoms with E-state index in [4.69, 9.17) is 0 Å². The lowest BCUT2D eigenvalue weighted by Gasteiger charge is -2.32. The summed E-state index contributed by atoms with van der Waals surface area (Å²) < 4.78 is 14.1. The van der Waals surface area contributed by atoms with Crippen molar-refractivity contribution in [1.29, 1.82) is 0 Å². The van der Waals surface area contributed by atoms with E-state index in [0.29, 0.717) is 35.6 Å². The van der Waals surface area contributed by atoms with Crippen molar-refractivity contribution in [3.8, 4) is 0 Å². The van der Waals surface area contributed by atoms with Crippen molar-refractivity contribution in [2.45, 2.75) is 38.6 Å². The third-order valence-corrected chi connectivity index (χ3v) is 9.49. The molecule has 2 fully saturated rings. The average molecular weight is 639 g/mol. The van der Waals surface area contributed by atoms with Gasteiger partial charge in [0.05, 0.1) is 23.5 Å². The smallest absolute Gasteiger partial charge is 0.258 e. The SMILES string of the molecule is CN1CCN(CC(=O)N(C)c2ccc(NC(=C3C(=O)Nc4cc(F)ccc43)c3cccc(CNC(=O)C4CCCCC4)c3)cc2)CC1. The first-order valence-corrected chi connectivity index (χ1v) is 16.5. The first kappa shape index (κ1) is 32.4. The molecule has 3 aromatic rings. The van der Waals surface area contributed by atoms with Gasteiger partial charge in [-0.1, -0.05) is 37.5 Å². The number of fused-ring (bicyclic) bond motifs is 1. The van der Waals surface area contributed by atoms with Gasteiger partial charge in [-0.25, -0.2) is 4.39 Å². The number of rotatable bonds is 9. The van der Waals surface area contributed by atoms with Crippen molar-refractivity contribution < 1.29 is 18.8 Å². The van der Waals surface area contributed by atoms with Crippen molar-refractivity contribution >= 4 is 46.1 Å². The Bertz CT molecular complexity index is 1660. The summed E-state index contributed by atoms with van der Waals surface area (Å²) in [5.41, 5.74) is 5.10. The van der Waals surface area contributed by atoms with E-state index >= 15 is 0 Å². The van der Waals surface area contributed by atoms with Gasteiger partial charge in [-0.15, -0.1) is 0 Å². The molecule has 246 valence electrons. The number of benzene rings is 3. The van der Waals surface area contributed by atoms with E-state index < -0.39 is 5.82 Å². The first-order valence-electron chi connectivity index (χ1n) is 16.5. The molecule has 3 amide bonds. The number of nitrogens with one attached hydrogen (secondary N) is 3. The number of carbonyl (C=O) groups excluding carboxylic acids is 3. The second kappa shape index (κ2) is 14.5. The molecule has 3 aliphatic rings. The van der Waals surface area contributed by atoms with Gasteiger partial charge in [0.1, 0.15) is 5.82 Å². The third kappa shape index (κ3) is 7.72. The van der Waals surface area contributed by atoms with E-state index in [1.807, 2.05) is 48.5 Å². The number of hydrogen-bond donors (Lipinski definition) is 3. The van der Waals surface area contributed by atoms with Crippen LogP contribution in [0.1, 0.15) is 48.8 Å². The summed E-state index contributed by atoms with van der Waals surface area (Å²) >= 11 is 0. The van der Waals surface area contributed by atoms with Crippen molar-refractivity contribution in [3.63, 3.8) is 0 Å². The van der Waals surface area contributed by atoms with E-state index in [1.165, 1.54) is 18.6 Å². The van der Waals surface area contributed by atoms with Crippen LogP contribution in [0.4, 0.5) is 21.5 Å². The van der Waals surface area contributed by atoms with Gasteiger partial charge < -0.3 is 25.8 Å². The van der Waals surface area contributed by atoms with E-state index in [9.17, 15) is 18.8 Å². The van der Waals surface area contributed by atoms with E-state index in [2.05, 4.69) is 32.8 Å². The van der Waals surface area contributed by atoms with Crippen LogP contribution in [0.5, 0.6) is 0 Å². The molecule has 0 atom stereocenters. The Hall–Kier alpha value is -4.54. The van der Waals surface area contributed by atoms with Gasteiger partial charge in [0.15, 0.2) is 0 Å². The van der Waals surface area contributed by atoms with Gasteiger partial charge in [-0.2, -0.15) is 0 Å². The topological polar surface area (TPSA) is 97.0 Å². The minimum Gasteiger partial charge on any atom is -0.354 e. The molecular formula is C37H43FN6O3. The zero-order chi connectivity index (χ0) is 32.9. The predicted molar refractivity (Wildman–Crippen MR) is 184 cm³/mol. The van der Waals surface area contributed by atoms with E-state index in [1.54, 1.807) is 18.0 Å². The highest BCUT2D eigenvalue weighted by Gasteiger charge is 2.29. The van der Waals surface area contributed by atoms with Gasteiger partial charge in [-0.3, -0.25) is 19.3 Å². The summed E-state index contributed by atoms with van der Waals surface area (Å²) in [6.45, 7) is 4.38. The number of piperazine rings is 1. The Labute approximate surface area is 275 Å². The van der Waals surface area contributed by atoms with Gasteiger partial charge in [0, 0.05) is 62.6 Å². The van der Waals surface area contributed by atoms with Crippen LogP contribution in [0.2, 0.25) is 0 Å². The zero-order valence-electron chi connectivity index (χ0n) is 27.2. The molecule has 9 nitrogen and oxygen atoms in total. The highest BCUT2D eigenvalue weighted by Crippen LogP contribution is 2.38. The zero-order valence-corrected chi connectivity index (χ0v) is 27.2. The minimum atomic E-state index is -0.433. The molecule has 0 bridgehead atoms. The summed E-state index contributed by atoms with van der Waals surface area (Å²) in [5, 5.41) is 9.36. The van der Waals surface area contributed by atoms with Gasteiger partial charge in [0.25, 0.3) is 5.91 Å². The van der Waals surface area contributed by atoms with Crippen molar-refractivity contribution in [2.24, 2.45) is 5.92 Å². The Morgan fingerprint density at radius 3 is 2.45 bits per heavy atom. The number of nitrogens with zero attached hydrogens (tertiary/aromatic N) is 3. The maximum absolute atomic E-state index is 14.1. The fourth-order valence-electron chi connectivity index (χ4n) is 6.57. The second-order valence-corrected chi connectivity index (χ2v) is 12.9. The Kier molecular flexibility index (Phi) is 9.98. The number of amides is 3. The van der Waals surface area contributed by atoms with Gasteiger partial charge >= 0.3 is 0 Å². The van der Waals surface area contributed by atoms with Crippen LogP contribution in [0.15, 0.2) is 66.7 Å². The molecule has 2 heterocycles. The molecule has 1 saturated carbocycles. The molecule has 0 aromatic heterocycles. The largest absolute Gasteiger partial charge is 0.354 e. The molecule has 0 radical (unpaired) electrons. The van der Waals surface area contributed by atoms with Crippen LogP contribution < -0.4 is 20.9 Å². The third-order valence-electron chi connectivity index (χ3n) is 9.49. The molecule has 0 unspecified atom stereocenters. The predicted octanol–water partition coefficient (Wildman–Crippen LogP) is 5.16. The number of hydrogen-bond acceptors (Lipinski definition) is 6. The normalized spacial score (nSPS) is 18.3. The monoisotopic (exact) mass is 638 g/mol. The number of halogens is 1. The van der Waals surface area contributed by atoms with E-state index in [-0.39, 0.29) is 23.6 Å². The van der Waals surface area contributed by atoms with Crippen LogP contribution >= 0.6 is 0 Å². The summed E-state index contributed by atoms with van der Waals surface area (Å²) in [7, 11) is 3.88. The summed E-state index contributed by atoms with van der Waals surface area (Å²) in [5.74, 6) is -0.594. The number of carbonyl (C=O) groups is 3. The lowest BCUT2D eigenvalue weighted by atomic mass is 9.88. The van der Waals surface area contributed by atoms with Crippen LogP contribution in [0.3, 0.4) is 0 Å². The molecule has 47 heavy (non-hydrogen) atoms. The second-order valence-electron chi connectivity index (χ2n) is 12.9. The van der Waals surface area contributed by atoms with Crippen LogP contribution in [0.25, 0.3) is 11.3 Å². The van der Waals surface area contributed by atoms with Crippen LogP contribution in [-0.2, 0) is 20.9 Å². The average Bonchev–Trinajstić information content (AvgIpc) is 3.41. The maximum Gasteiger partial charge on any atom is 0.258 e. The first-order chi connectivity index (χ1) is 22.7. The Morgan fingerprint density at radius 1 is 0.957 bits per heavy atom. The van der Waals surface area contributed by atoms with Gasteiger partial charge in [-0.05, 0) is 79.5 Å². The molecule has 6 rings (SSSR count). The van der Waals surface area contributed by atoms with Crippen molar-refractivity contribution in [1.82, 2.24) is 15.1 Å². The lowest BCUT2D eigenvalue weighted by Crippen LogP contribution is -2.48. The summed E-state index contributed by atoms with van der Waals surface area (Å²) in [6.07, 6.45) is 5.23. The fraction of sp³-hybridized carbons (Fsp3) is 0.378. The fourth-order valence-corrected chi connectivity index (χ4v) is 6.57. The molecule has 1 saturated heterocycles. The van der Waals surface area contributed by atoms with Crippen molar-refractivity contribution in [3.05, 3.63) is 89.2 Å². The minimum absolute atomic E-state index is 0.0249. The Morgan fingerprint density at radius 2 is 1.70 bits per heavy atom. The standard InChI is InChI=1S/C37H43FN6O3/c1-42-17-19-44(20-18-42)24-33(45)43(2)30-14-12-29(13-15-30)40-35(34-31-16-11-28(38)22-32(31)41-37(34)47)27-10-6-7-25(21-27)23-39-36(46)26-8-4-3-5-9-26/h6-7,10-16,21-22,26,40H,3-5,8-9,17-20,23-24H2,1-2H3,(H,39,46)(H,41,47). The molecular weight excluding hydrogens is 595 g/mol. The molecule has 3 N–H and O–H groups in total. The number of anilines is 3. The van der Waals surface area contributed by atoms with E-state index in [0.717, 1.165) is 74.4 Å². The van der Waals surface area contributed by atoms with Gasteiger partial charge in [0.2, 0.25) is 11.8 Å². The van der Waals surface area contributed by atoms with Crippen LogP contribution in [0, 0.1) is 11.7 Å². The Balaban J connectivity index is 1.24. The molecule has 0 spiro atoms. The molecule has 2 aliphatic heterocycles. The van der Waals surface area contributed by atoms with Crippen LogP contribution in [-0.4, -0.2) is 74.3 Å². The molecule has 10 heteroatoms. The summed E-state index contributed by atoms with van der Waals surface area (Å²) in [4.78, 5) is 45.4. The quantitative estimate of drug-likeness (QED) is 0.280. The highest BCUT2D eigenvalue weighted by atomic mass is 19.1. The summed E-state index contributed by atoms with van der Waals surface area (Å²) in [6, 6.07) is 19.5. The number of likely N-dealkylation sites (N-methyl/N-ethyl adjacent to an activating group) is 2. The maximum atomic E-state index is 14.1.